The van der Waals surface area contributed by atoms with Crippen LogP contribution < -0.4 is 4.74 Å². The average Bonchev–Trinajstić information content (AvgIpc) is 2.86. The fourth-order valence-electron chi connectivity index (χ4n) is 1.42. The minimum absolute atomic E-state index is 0.506. The summed E-state index contributed by atoms with van der Waals surface area (Å²) in [5, 5.41) is 1.20. The second-order valence-corrected chi connectivity index (χ2v) is 4.00. The maximum absolute atomic E-state index is 6.06. The number of rotatable bonds is 2. The van der Waals surface area contributed by atoms with Crippen molar-refractivity contribution in [3.8, 4) is 5.75 Å². The quantitative estimate of drug-likeness (QED) is 0.732. The molecule has 3 heteroatoms. The lowest BCUT2D eigenvalue weighted by Gasteiger charge is -2.09. The molecule has 0 atom stereocenters. The summed E-state index contributed by atoms with van der Waals surface area (Å²) in [5.41, 5.74) is 1.06. The van der Waals surface area contributed by atoms with Crippen molar-refractivity contribution in [2.75, 3.05) is 7.11 Å². The van der Waals surface area contributed by atoms with E-state index in [1.807, 2.05) is 0 Å². The molecule has 1 aliphatic rings. The molecular weight excluding hydrogens is 207 g/mol. The zero-order valence-electron chi connectivity index (χ0n) is 7.23. The standard InChI is InChI=1S/C10H9Cl2O/c1-13-9-5-7(11)4-8(12)10(9)6-2-3-6/h4,6H,2-3H2,1H3. The third kappa shape index (κ3) is 1.77. The van der Waals surface area contributed by atoms with E-state index in [2.05, 4.69) is 6.07 Å². The molecule has 69 valence electrons. The van der Waals surface area contributed by atoms with Crippen LogP contribution in [-0.4, -0.2) is 7.11 Å². The van der Waals surface area contributed by atoms with Gasteiger partial charge in [0.15, 0.2) is 0 Å². The predicted molar refractivity (Wildman–Crippen MR) is 53.8 cm³/mol. The van der Waals surface area contributed by atoms with Crippen LogP contribution in [0.3, 0.4) is 0 Å². The van der Waals surface area contributed by atoms with Gasteiger partial charge in [0, 0.05) is 16.7 Å². The van der Waals surface area contributed by atoms with Crippen molar-refractivity contribution in [1.82, 2.24) is 0 Å². The number of hydrogen-bond donors (Lipinski definition) is 0. The van der Waals surface area contributed by atoms with E-state index < -0.39 is 0 Å². The van der Waals surface area contributed by atoms with E-state index in [0.717, 1.165) is 5.56 Å². The molecule has 0 unspecified atom stereocenters. The van der Waals surface area contributed by atoms with E-state index in [1.54, 1.807) is 13.2 Å². The highest BCUT2D eigenvalue weighted by Crippen LogP contribution is 2.48. The average molecular weight is 216 g/mol. The monoisotopic (exact) mass is 215 g/mol. The third-order valence-electron chi connectivity index (χ3n) is 2.18. The van der Waals surface area contributed by atoms with Crippen molar-refractivity contribution in [3.63, 3.8) is 0 Å². The van der Waals surface area contributed by atoms with Crippen molar-refractivity contribution in [2.24, 2.45) is 0 Å². The van der Waals surface area contributed by atoms with Gasteiger partial charge in [0.2, 0.25) is 0 Å². The minimum Gasteiger partial charge on any atom is -0.496 e. The van der Waals surface area contributed by atoms with Gasteiger partial charge in [0.05, 0.1) is 12.1 Å². The van der Waals surface area contributed by atoms with Crippen molar-refractivity contribution < 1.29 is 4.74 Å². The summed E-state index contributed by atoms with van der Waals surface area (Å²) in [4.78, 5) is 0. The molecule has 0 spiro atoms. The molecule has 1 aromatic carbocycles. The molecule has 0 saturated heterocycles. The highest BCUT2D eigenvalue weighted by atomic mass is 35.5. The fraction of sp³-hybridized carbons (Fsp3) is 0.400. The summed E-state index contributed by atoms with van der Waals surface area (Å²) in [6.45, 7) is 0. The van der Waals surface area contributed by atoms with Crippen molar-refractivity contribution >= 4 is 23.2 Å². The molecule has 0 heterocycles. The van der Waals surface area contributed by atoms with Gasteiger partial charge in [-0.2, -0.15) is 0 Å². The van der Waals surface area contributed by atoms with E-state index in [9.17, 15) is 0 Å². The first-order valence-corrected chi connectivity index (χ1v) is 4.93. The van der Waals surface area contributed by atoms with Gasteiger partial charge in [-0.25, -0.2) is 0 Å². The van der Waals surface area contributed by atoms with Crippen molar-refractivity contribution in [3.05, 3.63) is 27.7 Å². The van der Waals surface area contributed by atoms with Crippen molar-refractivity contribution in [2.45, 2.75) is 18.8 Å². The Kier molecular flexibility index (Phi) is 2.39. The van der Waals surface area contributed by atoms with E-state index in [-0.39, 0.29) is 0 Å². The Balaban J connectivity index is 2.50. The molecule has 2 rings (SSSR count). The molecule has 0 aliphatic heterocycles. The first kappa shape index (κ1) is 9.17. The fourth-order valence-corrected chi connectivity index (χ4v) is 2.02. The molecule has 1 fully saturated rings. The SMILES string of the molecule is COc1[c]c(Cl)cc(Cl)c1C1CC1. The van der Waals surface area contributed by atoms with Gasteiger partial charge >= 0.3 is 0 Å². The molecule has 0 bridgehead atoms. The molecule has 0 amide bonds. The first-order valence-electron chi connectivity index (χ1n) is 4.17. The largest absolute Gasteiger partial charge is 0.496 e. The Hall–Kier alpha value is -0.400. The highest BCUT2D eigenvalue weighted by Gasteiger charge is 2.29. The number of benzene rings is 1. The molecular formula is C10H9Cl2O. The lowest BCUT2D eigenvalue weighted by Crippen LogP contribution is -1.91. The van der Waals surface area contributed by atoms with E-state index in [1.165, 1.54) is 12.8 Å². The summed E-state index contributed by atoms with van der Waals surface area (Å²) >= 11 is 11.9. The van der Waals surface area contributed by atoms with Crippen LogP contribution >= 0.6 is 23.2 Å². The van der Waals surface area contributed by atoms with Crippen LogP contribution in [-0.2, 0) is 0 Å². The summed E-state index contributed by atoms with van der Waals surface area (Å²) < 4.78 is 5.18. The highest BCUT2D eigenvalue weighted by molar-refractivity contribution is 6.35. The maximum Gasteiger partial charge on any atom is 0.133 e. The second-order valence-electron chi connectivity index (χ2n) is 3.19. The predicted octanol–water partition coefficient (Wildman–Crippen LogP) is 3.68. The number of hydrogen-bond acceptors (Lipinski definition) is 1. The number of methoxy groups -OCH3 is 1. The Labute approximate surface area is 87.6 Å². The summed E-state index contributed by atoms with van der Waals surface area (Å²) in [7, 11) is 1.62. The molecule has 1 nitrogen and oxygen atoms in total. The second kappa shape index (κ2) is 3.39. The number of halogens is 2. The van der Waals surface area contributed by atoms with Crippen LogP contribution in [0.15, 0.2) is 6.07 Å². The molecule has 1 aromatic rings. The van der Waals surface area contributed by atoms with Gasteiger partial charge in [-0.15, -0.1) is 0 Å². The topological polar surface area (TPSA) is 9.23 Å². The Morgan fingerprint density at radius 1 is 1.46 bits per heavy atom. The first-order chi connectivity index (χ1) is 6.22. The minimum atomic E-state index is 0.506. The van der Waals surface area contributed by atoms with Gasteiger partial charge in [-0.05, 0) is 24.8 Å². The van der Waals surface area contributed by atoms with E-state index in [0.29, 0.717) is 21.7 Å². The summed E-state index contributed by atoms with van der Waals surface area (Å²) in [6.07, 6.45) is 2.37. The summed E-state index contributed by atoms with van der Waals surface area (Å²) in [5.74, 6) is 1.25. The molecule has 1 radical (unpaired) electrons. The van der Waals surface area contributed by atoms with Crippen LogP contribution in [0, 0.1) is 6.07 Å². The van der Waals surface area contributed by atoms with Crippen LogP contribution in [0.4, 0.5) is 0 Å². The Morgan fingerprint density at radius 2 is 2.15 bits per heavy atom. The van der Waals surface area contributed by atoms with Gasteiger partial charge < -0.3 is 4.74 Å². The molecule has 1 saturated carbocycles. The normalized spacial score (nSPS) is 15.9. The zero-order chi connectivity index (χ0) is 9.42. The van der Waals surface area contributed by atoms with Gasteiger partial charge in [0.1, 0.15) is 5.75 Å². The van der Waals surface area contributed by atoms with Crippen LogP contribution in [0.25, 0.3) is 0 Å². The molecule has 1 aliphatic carbocycles. The van der Waals surface area contributed by atoms with Crippen LogP contribution in [0.5, 0.6) is 5.75 Å². The Morgan fingerprint density at radius 3 is 2.69 bits per heavy atom. The van der Waals surface area contributed by atoms with Crippen LogP contribution in [0.1, 0.15) is 24.3 Å². The maximum atomic E-state index is 6.06. The molecule has 13 heavy (non-hydrogen) atoms. The van der Waals surface area contributed by atoms with Gasteiger partial charge in [-0.3, -0.25) is 0 Å². The van der Waals surface area contributed by atoms with Crippen LogP contribution in [0.2, 0.25) is 10.0 Å². The van der Waals surface area contributed by atoms with E-state index in [4.69, 9.17) is 27.9 Å². The zero-order valence-corrected chi connectivity index (χ0v) is 8.74. The van der Waals surface area contributed by atoms with E-state index >= 15 is 0 Å². The lowest BCUT2D eigenvalue weighted by atomic mass is 10.1. The molecule has 0 N–H and O–H groups in total. The van der Waals surface area contributed by atoms with Gasteiger partial charge in [0.25, 0.3) is 0 Å². The number of ether oxygens (including phenoxy) is 1. The summed E-state index contributed by atoms with van der Waals surface area (Å²) in [6, 6.07) is 4.67. The molecule has 0 aromatic heterocycles. The lowest BCUT2D eigenvalue weighted by molar-refractivity contribution is 0.409. The van der Waals surface area contributed by atoms with Crippen molar-refractivity contribution in [1.29, 1.82) is 0 Å². The Bertz CT molecular complexity index is 332. The third-order valence-corrected chi connectivity index (χ3v) is 2.69. The smallest absolute Gasteiger partial charge is 0.133 e. The van der Waals surface area contributed by atoms with Gasteiger partial charge in [-0.1, -0.05) is 23.2 Å².